The van der Waals surface area contributed by atoms with E-state index in [0.29, 0.717) is 25.2 Å². The first-order valence-corrected chi connectivity index (χ1v) is 9.92. The molecule has 1 aromatic heterocycles. The van der Waals surface area contributed by atoms with Crippen molar-refractivity contribution < 1.29 is 8.42 Å². The van der Waals surface area contributed by atoms with Gasteiger partial charge in [0, 0.05) is 19.5 Å². The van der Waals surface area contributed by atoms with Crippen molar-refractivity contribution in [3.63, 3.8) is 0 Å². The number of halogens is 3. The number of nitrogens with one attached hydrogen (secondary N) is 1. The lowest BCUT2D eigenvalue weighted by molar-refractivity contribution is 0.601. The van der Waals surface area contributed by atoms with Crippen LogP contribution in [-0.4, -0.2) is 8.42 Å². The van der Waals surface area contributed by atoms with Crippen molar-refractivity contribution >= 4 is 80.5 Å². The molecule has 20 heavy (non-hydrogen) atoms. The van der Waals surface area contributed by atoms with E-state index in [1.807, 2.05) is 0 Å². The summed E-state index contributed by atoms with van der Waals surface area (Å²) < 4.78 is 29.3. The van der Waals surface area contributed by atoms with Gasteiger partial charge in [0.15, 0.2) is 0 Å². The predicted molar refractivity (Wildman–Crippen MR) is 93.8 cm³/mol. The Morgan fingerprint density at radius 3 is 2.15 bits per heavy atom. The van der Waals surface area contributed by atoms with Crippen molar-refractivity contribution in [1.82, 2.24) is 0 Å². The topological polar surface area (TPSA) is 72.2 Å². The van der Waals surface area contributed by atoms with Gasteiger partial charge in [0.25, 0.3) is 10.0 Å². The highest BCUT2D eigenvalue weighted by Crippen LogP contribution is 2.36. The SMILES string of the molecule is Cc1sc(Br)cc1S(=O)(=O)Nc1c(Br)cc(N)cc1Br. The fraction of sp³-hybridized carbons (Fsp3) is 0.0909. The minimum atomic E-state index is -3.65. The first-order chi connectivity index (χ1) is 9.20. The number of hydrogen-bond donors (Lipinski definition) is 2. The standard InChI is InChI=1S/C11H9Br3N2O2S2/c1-5-9(4-10(14)19-5)20(17,18)16-11-7(12)2-6(15)3-8(11)13/h2-4,16H,15H2,1H3. The molecule has 1 aromatic carbocycles. The minimum Gasteiger partial charge on any atom is -0.399 e. The van der Waals surface area contributed by atoms with Crippen LogP contribution in [0.3, 0.4) is 0 Å². The number of anilines is 2. The molecule has 3 N–H and O–H groups in total. The lowest BCUT2D eigenvalue weighted by atomic mass is 10.3. The van der Waals surface area contributed by atoms with Crippen LogP contribution in [0.15, 0.2) is 35.8 Å². The third-order valence-electron chi connectivity index (χ3n) is 2.43. The van der Waals surface area contributed by atoms with Crippen LogP contribution < -0.4 is 10.5 Å². The van der Waals surface area contributed by atoms with Crippen LogP contribution in [0.1, 0.15) is 4.88 Å². The molecular formula is C11H9Br3N2O2S2. The molecule has 108 valence electrons. The van der Waals surface area contributed by atoms with Crippen molar-refractivity contribution in [2.24, 2.45) is 0 Å². The number of thiophene rings is 1. The highest BCUT2D eigenvalue weighted by molar-refractivity contribution is 9.11. The second kappa shape index (κ2) is 5.96. The average Bonchev–Trinajstić information content (AvgIpc) is 2.64. The molecule has 2 aromatic rings. The third-order valence-corrected chi connectivity index (χ3v) is 6.84. The van der Waals surface area contributed by atoms with Gasteiger partial charge in [0.1, 0.15) is 4.90 Å². The van der Waals surface area contributed by atoms with Gasteiger partial charge in [-0.1, -0.05) is 0 Å². The predicted octanol–water partition coefficient (Wildman–Crippen LogP) is 4.73. The maximum absolute atomic E-state index is 12.4. The van der Waals surface area contributed by atoms with E-state index in [-0.39, 0.29) is 4.90 Å². The Morgan fingerprint density at radius 2 is 1.70 bits per heavy atom. The second-order valence-electron chi connectivity index (χ2n) is 3.94. The number of nitrogens with two attached hydrogens (primary N) is 1. The first kappa shape index (κ1) is 16.3. The maximum atomic E-state index is 12.4. The van der Waals surface area contributed by atoms with Crippen LogP contribution in [0.4, 0.5) is 11.4 Å². The molecule has 0 radical (unpaired) electrons. The summed E-state index contributed by atoms with van der Waals surface area (Å²) in [7, 11) is -3.65. The Bertz CT molecular complexity index is 749. The number of hydrogen-bond acceptors (Lipinski definition) is 4. The van der Waals surface area contributed by atoms with Crippen molar-refractivity contribution in [3.05, 3.63) is 35.8 Å². The summed E-state index contributed by atoms with van der Waals surface area (Å²) in [4.78, 5) is 0.970. The zero-order valence-corrected chi connectivity index (χ0v) is 16.5. The van der Waals surface area contributed by atoms with E-state index in [1.165, 1.54) is 11.3 Å². The smallest absolute Gasteiger partial charge is 0.263 e. The third kappa shape index (κ3) is 3.38. The zero-order chi connectivity index (χ0) is 15.1. The van der Waals surface area contributed by atoms with Gasteiger partial charge in [-0.3, -0.25) is 4.72 Å². The van der Waals surface area contributed by atoms with Crippen LogP contribution in [0.5, 0.6) is 0 Å². The van der Waals surface area contributed by atoms with Gasteiger partial charge in [-0.2, -0.15) is 0 Å². The highest BCUT2D eigenvalue weighted by atomic mass is 79.9. The van der Waals surface area contributed by atoms with E-state index in [4.69, 9.17) is 5.73 Å². The van der Waals surface area contributed by atoms with Crippen LogP contribution in [-0.2, 0) is 10.0 Å². The second-order valence-corrected chi connectivity index (χ2v) is 9.93. The van der Waals surface area contributed by atoms with E-state index in [1.54, 1.807) is 25.1 Å². The number of sulfonamides is 1. The van der Waals surface area contributed by atoms with E-state index in [0.717, 1.165) is 3.79 Å². The molecule has 0 atom stereocenters. The molecule has 0 bridgehead atoms. The monoisotopic (exact) mass is 502 g/mol. The summed E-state index contributed by atoms with van der Waals surface area (Å²) in [5.41, 5.74) is 6.64. The lowest BCUT2D eigenvalue weighted by Crippen LogP contribution is -2.14. The lowest BCUT2D eigenvalue weighted by Gasteiger charge is -2.12. The Hall–Kier alpha value is -0.0900. The fourth-order valence-corrected chi connectivity index (χ4v) is 6.78. The Kier molecular flexibility index (Phi) is 4.85. The van der Waals surface area contributed by atoms with Crippen LogP contribution in [0, 0.1) is 6.92 Å². The Labute approximate surface area is 146 Å². The van der Waals surface area contributed by atoms with Crippen LogP contribution in [0.25, 0.3) is 0 Å². The summed E-state index contributed by atoms with van der Waals surface area (Å²) >= 11 is 11.3. The van der Waals surface area contributed by atoms with Crippen molar-refractivity contribution in [1.29, 1.82) is 0 Å². The molecule has 0 amide bonds. The number of aryl methyl sites for hydroxylation is 1. The summed E-state index contributed by atoms with van der Waals surface area (Å²) in [6.45, 7) is 1.76. The molecule has 0 spiro atoms. The van der Waals surface area contributed by atoms with Crippen LogP contribution >= 0.6 is 59.1 Å². The highest BCUT2D eigenvalue weighted by Gasteiger charge is 2.21. The molecule has 0 saturated carbocycles. The molecule has 0 unspecified atom stereocenters. The van der Waals surface area contributed by atoms with E-state index in [9.17, 15) is 8.42 Å². The summed E-state index contributed by atoms with van der Waals surface area (Å²) in [6.07, 6.45) is 0. The van der Waals surface area contributed by atoms with Crippen molar-refractivity contribution in [2.45, 2.75) is 11.8 Å². The number of benzene rings is 1. The average molecular weight is 505 g/mol. The first-order valence-electron chi connectivity index (χ1n) is 5.24. The van der Waals surface area contributed by atoms with Gasteiger partial charge in [-0.25, -0.2) is 8.42 Å². The largest absolute Gasteiger partial charge is 0.399 e. The van der Waals surface area contributed by atoms with Gasteiger partial charge < -0.3 is 5.73 Å². The van der Waals surface area contributed by atoms with Crippen LogP contribution in [0.2, 0.25) is 0 Å². The number of rotatable bonds is 3. The Balaban J connectivity index is 2.46. The molecule has 0 aliphatic heterocycles. The van der Waals surface area contributed by atoms with E-state index < -0.39 is 10.0 Å². The van der Waals surface area contributed by atoms with E-state index in [2.05, 4.69) is 52.5 Å². The molecule has 9 heteroatoms. The minimum absolute atomic E-state index is 0.255. The summed E-state index contributed by atoms with van der Waals surface area (Å²) in [6, 6.07) is 4.86. The van der Waals surface area contributed by atoms with Gasteiger partial charge >= 0.3 is 0 Å². The van der Waals surface area contributed by atoms with Crippen molar-refractivity contribution in [3.8, 4) is 0 Å². The molecule has 0 aliphatic carbocycles. The van der Waals surface area contributed by atoms with Gasteiger partial charge in [0.05, 0.1) is 9.47 Å². The normalized spacial score (nSPS) is 11.6. The van der Waals surface area contributed by atoms with Gasteiger partial charge in [-0.05, 0) is 72.9 Å². The van der Waals surface area contributed by atoms with E-state index >= 15 is 0 Å². The molecule has 0 aliphatic rings. The van der Waals surface area contributed by atoms with Gasteiger partial charge in [0.2, 0.25) is 0 Å². The fourth-order valence-electron chi connectivity index (χ4n) is 1.58. The van der Waals surface area contributed by atoms with Crippen molar-refractivity contribution in [2.75, 3.05) is 10.5 Å². The molecule has 1 heterocycles. The number of nitrogen functional groups attached to an aromatic ring is 1. The molecular weight excluding hydrogens is 496 g/mol. The molecule has 2 rings (SSSR count). The molecule has 0 saturated heterocycles. The maximum Gasteiger partial charge on any atom is 0.263 e. The summed E-state index contributed by atoms with van der Waals surface area (Å²) in [5.74, 6) is 0. The quantitative estimate of drug-likeness (QED) is 0.594. The molecule has 0 fully saturated rings. The van der Waals surface area contributed by atoms with Gasteiger partial charge in [-0.15, -0.1) is 11.3 Å². The zero-order valence-electron chi connectivity index (χ0n) is 10.1. The summed E-state index contributed by atoms with van der Waals surface area (Å²) in [5, 5.41) is 0. The molecule has 4 nitrogen and oxygen atoms in total. The Morgan fingerprint density at radius 1 is 1.15 bits per heavy atom.